The SMILES string of the molecule is CCN(C1CCCNC1)C(C)c1ccc(C)o1. The molecule has 0 aromatic carbocycles. The van der Waals surface area contributed by atoms with Gasteiger partial charge in [-0.15, -0.1) is 0 Å². The van der Waals surface area contributed by atoms with E-state index >= 15 is 0 Å². The topological polar surface area (TPSA) is 28.4 Å². The second-order valence-corrected chi connectivity index (χ2v) is 4.96. The molecule has 0 aliphatic carbocycles. The van der Waals surface area contributed by atoms with Crippen LogP contribution >= 0.6 is 0 Å². The zero-order valence-corrected chi connectivity index (χ0v) is 11.2. The number of piperidine rings is 1. The van der Waals surface area contributed by atoms with Crippen molar-refractivity contribution in [2.45, 2.75) is 45.7 Å². The van der Waals surface area contributed by atoms with Crippen LogP contribution in [0.15, 0.2) is 16.5 Å². The summed E-state index contributed by atoms with van der Waals surface area (Å²) in [5, 5.41) is 3.49. The second-order valence-electron chi connectivity index (χ2n) is 4.96. The van der Waals surface area contributed by atoms with Crippen molar-refractivity contribution in [2.75, 3.05) is 19.6 Å². The molecule has 1 aromatic rings. The van der Waals surface area contributed by atoms with E-state index < -0.39 is 0 Å². The lowest BCUT2D eigenvalue weighted by atomic mass is 10.0. The summed E-state index contributed by atoms with van der Waals surface area (Å²) in [5.74, 6) is 2.10. The van der Waals surface area contributed by atoms with Gasteiger partial charge in [-0.3, -0.25) is 4.90 Å². The summed E-state index contributed by atoms with van der Waals surface area (Å²) in [4.78, 5) is 2.55. The van der Waals surface area contributed by atoms with Crippen molar-refractivity contribution in [1.29, 1.82) is 0 Å². The highest BCUT2D eigenvalue weighted by Crippen LogP contribution is 2.26. The van der Waals surface area contributed by atoms with Crippen LogP contribution in [0.5, 0.6) is 0 Å². The Bertz CT molecular complexity index is 342. The van der Waals surface area contributed by atoms with Crippen molar-refractivity contribution in [1.82, 2.24) is 10.2 Å². The maximum absolute atomic E-state index is 5.76. The lowest BCUT2D eigenvalue weighted by Gasteiger charge is -2.37. The molecule has 17 heavy (non-hydrogen) atoms. The highest BCUT2D eigenvalue weighted by molar-refractivity contribution is 5.09. The van der Waals surface area contributed by atoms with Crippen molar-refractivity contribution in [3.05, 3.63) is 23.7 Å². The number of nitrogens with zero attached hydrogens (tertiary/aromatic N) is 1. The van der Waals surface area contributed by atoms with Gasteiger partial charge < -0.3 is 9.73 Å². The lowest BCUT2D eigenvalue weighted by molar-refractivity contribution is 0.114. The van der Waals surface area contributed by atoms with Crippen molar-refractivity contribution in [3.8, 4) is 0 Å². The third-order valence-corrected chi connectivity index (χ3v) is 3.78. The molecular weight excluding hydrogens is 212 g/mol. The molecule has 2 heterocycles. The largest absolute Gasteiger partial charge is 0.465 e. The molecule has 0 radical (unpaired) electrons. The highest BCUT2D eigenvalue weighted by Gasteiger charge is 2.26. The number of furan rings is 1. The number of hydrogen-bond acceptors (Lipinski definition) is 3. The fourth-order valence-electron chi connectivity index (χ4n) is 2.81. The molecule has 96 valence electrons. The molecule has 2 atom stereocenters. The van der Waals surface area contributed by atoms with E-state index in [-0.39, 0.29) is 0 Å². The molecule has 0 bridgehead atoms. The Labute approximate surface area is 104 Å². The zero-order valence-electron chi connectivity index (χ0n) is 11.2. The van der Waals surface area contributed by atoms with Crippen LogP contribution in [0.25, 0.3) is 0 Å². The summed E-state index contributed by atoms with van der Waals surface area (Å²) < 4.78 is 5.76. The Morgan fingerprint density at radius 2 is 2.35 bits per heavy atom. The van der Waals surface area contributed by atoms with Crippen LogP contribution in [0, 0.1) is 6.92 Å². The summed E-state index contributed by atoms with van der Waals surface area (Å²) in [6.07, 6.45) is 2.58. The predicted octanol–water partition coefficient (Wildman–Crippen LogP) is 2.72. The van der Waals surface area contributed by atoms with Gasteiger partial charge >= 0.3 is 0 Å². The minimum Gasteiger partial charge on any atom is -0.465 e. The first-order valence-electron chi connectivity index (χ1n) is 6.75. The first-order valence-corrected chi connectivity index (χ1v) is 6.75. The molecule has 1 aliphatic heterocycles. The number of likely N-dealkylation sites (N-methyl/N-ethyl adjacent to an activating group) is 1. The van der Waals surface area contributed by atoms with Crippen LogP contribution in [0.1, 0.15) is 44.3 Å². The molecule has 3 heteroatoms. The molecule has 0 saturated carbocycles. The lowest BCUT2D eigenvalue weighted by Crippen LogP contribution is -2.46. The van der Waals surface area contributed by atoms with Crippen LogP contribution in [0.3, 0.4) is 0 Å². The van der Waals surface area contributed by atoms with Crippen molar-refractivity contribution in [2.24, 2.45) is 0 Å². The molecule has 3 nitrogen and oxygen atoms in total. The first kappa shape index (κ1) is 12.7. The molecule has 1 N–H and O–H groups in total. The van der Waals surface area contributed by atoms with Crippen LogP contribution in [-0.4, -0.2) is 30.6 Å². The smallest absolute Gasteiger partial charge is 0.121 e. The maximum Gasteiger partial charge on any atom is 0.121 e. The van der Waals surface area contributed by atoms with Gasteiger partial charge in [0.05, 0.1) is 6.04 Å². The average Bonchev–Trinajstić information content (AvgIpc) is 2.78. The van der Waals surface area contributed by atoms with E-state index in [0.29, 0.717) is 12.1 Å². The van der Waals surface area contributed by atoms with Gasteiger partial charge in [0.25, 0.3) is 0 Å². The zero-order chi connectivity index (χ0) is 12.3. The average molecular weight is 236 g/mol. The van der Waals surface area contributed by atoms with E-state index in [1.54, 1.807) is 0 Å². The van der Waals surface area contributed by atoms with Gasteiger partial charge in [-0.1, -0.05) is 6.92 Å². The Balaban J connectivity index is 2.06. The molecule has 1 fully saturated rings. The third kappa shape index (κ3) is 2.90. The summed E-state index contributed by atoms with van der Waals surface area (Å²) >= 11 is 0. The maximum atomic E-state index is 5.76. The fraction of sp³-hybridized carbons (Fsp3) is 0.714. The number of nitrogens with one attached hydrogen (secondary N) is 1. The molecule has 1 aliphatic rings. The molecule has 0 spiro atoms. The van der Waals surface area contributed by atoms with Crippen LogP contribution in [-0.2, 0) is 0 Å². The van der Waals surface area contributed by atoms with E-state index in [9.17, 15) is 0 Å². The molecule has 2 unspecified atom stereocenters. The van der Waals surface area contributed by atoms with E-state index in [1.807, 2.05) is 6.92 Å². The molecule has 0 amide bonds. The Morgan fingerprint density at radius 3 is 2.88 bits per heavy atom. The molecular formula is C14H24N2O. The van der Waals surface area contributed by atoms with Crippen molar-refractivity contribution < 1.29 is 4.42 Å². The molecule has 1 saturated heterocycles. The normalized spacial score (nSPS) is 22.9. The van der Waals surface area contributed by atoms with Crippen LogP contribution in [0.4, 0.5) is 0 Å². The predicted molar refractivity (Wildman–Crippen MR) is 70.1 cm³/mol. The second kappa shape index (κ2) is 5.69. The third-order valence-electron chi connectivity index (χ3n) is 3.78. The summed E-state index contributed by atoms with van der Waals surface area (Å²) in [6.45, 7) is 9.85. The van der Waals surface area contributed by atoms with Crippen LogP contribution in [0.2, 0.25) is 0 Å². The standard InChI is InChI=1S/C14H24N2O/c1-4-16(13-6-5-9-15-10-13)12(3)14-8-7-11(2)17-14/h7-8,12-13,15H,4-6,9-10H2,1-3H3. The monoisotopic (exact) mass is 236 g/mol. The highest BCUT2D eigenvalue weighted by atomic mass is 16.3. The van der Waals surface area contributed by atoms with E-state index in [4.69, 9.17) is 4.42 Å². The quantitative estimate of drug-likeness (QED) is 0.871. The van der Waals surface area contributed by atoms with E-state index in [2.05, 4.69) is 36.2 Å². The van der Waals surface area contributed by atoms with Gasteiger partial charge in [0, 0.05) is 12.6 Å². The number of aryl methyl sites for hydroxylation is 1. The summed E-state index contributed by atoms with van der Waals surface area (Å²) in [6, 6.07) is 5.19. The van der Waals surface area contributed by atoms with Gasteiger partial charge in [-0.25, -0.2) is 0 Å². The van der Waals surface area contributed by atoms with Crippen molar-refractivity contribution >= 4 is 0 Å². The van der Waals surface area contributed by atoms with Crippen molar-refractivity contribution in [3.63, 3.8) is 0 Å². The van der Waals surface area contributed by atoms with Gasteiger partial charge in [-0.05, 0) is 51.9 Å². The molecule has 2 rings (SSSR count). The van der Waals surface area contributed by atoms with Gasteiger partial charge in [-0.2, -0.15) is 0 Å². The van der Waals surface area contributed by atoms with Gasteiger partial charge in [0.1, 0.15) is 11.5 Å². The van der Waals surface area contributed by atoms with Gasteiger partial charge in [0.2, 0.25) is 0 Å². The number of hydrogen-bond donors (Lipinski definition) is 1. The van der Waals surface area contributed by atoms with Crippen LogP contribution < -0.4 is 5.32 Å². The minimum absolute atomic E-state index is 0.374. The number of rotatable bonds is 4. The summed E-state index contributed by atoms with van der Waals surface area (Å²) in [7, 11) is 0. The minimum atomic E-state index is 0.374. The Morgan fingerprint density at radius 1 is 1.53 bits per heavy atom. The van der Waals surface area contributed by atoms with E-state index in [0.717, 1.165) is 24.6 Å². The summed E-state index contributed by atoms with van der Waals surface area (Å²) in [5.41, 5.74) is 0. The molecule has 1 aromatic heterocycles. The Hall–Kier alpha value is -0.800. The van der Waals surface area contributed by atoms with E-state index in [1.165, 1.54) is 19.4 Å². The fourth-order valence-corrected chi connectivity index (χ4v) is 2.81. The Kier molecular flexibility index (Phi) is 4.24. The van der Waals surface area contributed by atoms with Gasteiger partial charge in [0.15, 0.2) is 0 Å². The first-order chi connectivity index (χ1) is 8.22.